The van der Waals surface area contributed by atoms with E-state index in [-0.39, 0.29) is 24.4 Å². The number of methoxy groups -OCH3 is 1. The van der Waals surface area contributed by atoms with E-state index in [4.69, 9.17) is 10.5 Å². The van der Waals surface area contributed by atoms with Gasteiger partial charge in [-0.1, -0.05) is 6.07 Å². The lowest BCUT2D eigenvalue weighted by molar-refractivity contribution is -0.139. The van der Waals surface area contributed by atoms with Crippen LogP contribution in [0.15, 0.2) is 18.2 Å². The summed E-state index contributed by atoms with van der Waals surface area (Å²) in [6.45, 7) is 2.91. The molecule has 0 radical (unpaired) electrons. The van der Waals surface area contributed by atoms with Gasteiger partial charge in [-0.3, -0.25) is 19.8 Å². The quantitative estimate of drug-likeness (QED) is 0.757. The van der Waals surface area contributed by atoms with E-state index in [0.717, 1.165) is 16.9 Å². The predicted octanol–water partition coefficient (Wildman–Crippen LogP) is 0.000800. The number of carbonyl (C=O) groups is 2. The molecule has 0 aliphatic carbocycles. The highest BCUT2D eigenvalue weighted by molar-refractivity contribution is 6.00. The maximum Gasteiger partial charge on any atom is 0.243 e. The lowest BCUT2D eigenvalue weighted by Crippen LogP contribution is -2.56. The first-order valence-electron chi connectivity index (χ1n) is 6.48. The Morgan fingerprint density at radius 1 is 1.45 bits per heavy atom. The molecule has 0 bridgehead atoms. The van der Waals surface area contributed by atoms with Crippen LogP contribution in [0.1, 0.15) is 18.1 Å². The molecule has 6 nitrogen and oxygen atoms in total. The van der Waals surface area contributed by atoms with Crippen molar-refractivity contribution in [2.45, 2.75) is 26.1 Å². The van der Waals surface area contributed by atoms with E-state index in [1.807, 2.05) is 23.1 Å². The maximum absolute atomic E-state index is 11.6. The summed E-state index contributed by atoms with van der Waals surface area (Å²) in [5.74, 6) is 0.228. The molecule has 1 aromatic carbocycles. The summed E-state index contributed by atoms with van der Waals surface area (Å²) < 4.78 is 5.22. The van der Waals surface area contributed by atoms with Crippen molar-refractivity contribution in [3.05, 3.63) is 29.3 Å². The third-order valence-corrected chi connectivity index (χ3v) is 3.49. The number of rotatable bonds is 4. The summed E-state index contributed by atoms with van der Waals surface area (Å²) >= 11 is 0. The van der Waals surface area contributed by atoms with E-state index in [0.29, 0.717) is 13.1 Å². The number of imide groups is 1. The van der Waals surface area contributed by atoms with Gasteiger partial charge in [-0.2, -0.15) is 0 Å². The number of ether oxygens (including phenoxy) is 1. The van der Waals surface area contributed by atoms with Crippen molar-refractivity contribution in [3.8, 4) is 5.75 Å². The fourth-order valence-corrected chi connectivity index (χ4v) is 2.29. The number of nitrogens with one attached hydrogen (secondary N) is 1. The topological polar surface area (TPSA) is 84.7 Å². The molecule has 1 aliphatic heterocycles. The number of nitrogens with zero attached hydrogens (tertiary/aromatic N) is 1. The fraction of sp³-hybridized carbons (Fsp3) is 0.429. The summed E-state index contributed by atoms with van der Waals surface area (Å²) in [6, 6.07) is 5.40. The van der Waals surface area contributed by atoms with Gasteiger partial charge >= 0.3 is 0 Å². The molecule has 20 heavy (non-hydrogen) atoms. The van der Waals surface area contributed by atoms with E-state index in [9.17, 15) is 9.59 Å². The number of benzene rings is 1. The molecule has 1 saturated heterocycles. The first-order valence-corrected chi connectivity index (χ1v) is 6.48. The van der Waals surface area contributed by atoms with Crippen LogP contribution in [0.3, 0.4) is 0 Å². The van der Waals surface area contributed by atoms with Crippen molar-refractivity contribution in [2.24, 2.45) is 5.73 Å². The largest absolute Gasteiger partial charge is 0.496 e. The highest BCUT2D eigenvalue weighted by Crippen LogP contribution is 2.21. The Morgan fingerprint density at radius 3 is 2.85 bits per heavy atom. The average Bonchev–Trinajstić information content (AvgIpc) is 2.44. The molecule has 1 atom stereocenters. The van der Waals surface area contributed by atoms with Crippen molar-refractivity contribution in [1.29, 1.82) is 0 Å². The Hall–Kier alpha value is -1.92. The molecule has 3 N–H and O–H groups in total. The second-order valence-electron chi connectivity index (χ2n) is 4.84. The summed E-state index contributed by atoms with van der Waals surface area (Å²) in [5, 5.41) is 2.33. The molecule has 2 rings (SSSR count). The van der Waals surface area contributed by atoms with Crippen LogP contribution < -0.4 is 15.8 Å². The number of nitrogens with two attached hydrogens (primary N) is 1. The van der Waals surface area contributed by atoms with Crippen LogP contribution in [-0.4, -0.2) is 36.4 Å². The van der Waals surface area contributed by atoms with Crippen molar-refractivity contribution in [1.82, 2.24) is 10.2 Å². The molecule has 1 heterocycles. The molecular formula is C14H19N3O3. The summed E-state index contributed by atoms with van der Waals surface area (Å²) in [4.78, 5) is 24.9. The highest BCUT2D eigenvalue weighted by atomic mass is 16.5. The highest BCUT2D eigenvalue weighted by Gasteiger charge is 2.30. The van der Waals surface area contributed by atoms with Crippen LogP contribution in [-0.2, 0) is 22.7 Å². The van der Waals surface area contributed by atoms with Gasteiger partial charge in [0.25, 0.3) is 0 Å². The first kappa shape index (κ1) is 14.5. The molecule has 108 valence electrons. The molecular weight excluding hydrogens is 258 g/mol. The molecule has 1 aromatic rings. The number of hydrogen-bond acceptors (Lipinski definition) is 5. The molecule has 2 amide bonds. The lowest BCUT2D eigenvalue weighted by atomic mass is 10.1. The normalized spacial score (nSPS) is 19.9. The molecule has 0 saturated carbocycles. The standard InChI is InChI=1S/C14H19N3O3/c1-9-14(19)16-13(18)8-17(9)7-10-3-4-12(20-2)11(5-10)6-15/h3-5,9H,6-8,15H2,1-2H3,(H,16,18,19). The van der Waals surface area contributed by atoms with Crippen molar-refractivity contribution in [2.75, 3.05) is 13.7 Å². The van der Waals surface area contributed by atoms with Crippen LogP contribution in [0.2, 0.25) is 0 Å². The van der Waals surface area contributed by atoms with E-state index in [1.165, 1.54) is 0 Å². The molecule has 1 fully saturated rings. The Kier molecular flexibility index (Phi) is 4.36. The zero-order valence-electron chi connectivity index (χ0n) is 11.7. The van der Waals surface area contributed by atoms with Gasteiger partial charge < -0.3 is 10.5 Å². The SMILES string of the molecule is COc1ccc(CN2CC(=O)NC(=O)C2C)cc1CN. The smallest absolute Gasteiger partial charge is 0.243 e. The van der Waals surface area contributed by atoms with E-state index >= 15 is 0 Å². The fourth-order valence-electron chi connectivity index (χ4n) is 2.29. The number of carbonyl (C=O) groups excluding carboxylic acids is 2. The Labute approximate surface area is 117 Å². The van der Waals surface area contributed by atoms with Crippen LogP contribution in [0.4, 0.5) is 0 Å². The Bertz CT molecular complexity index is 530. The number of amides is 2. The average molecular weight is 277 g/mol. The van der Waals surface area contributed by atoms with Gasteiger partial charge in [0.15, 0.2) is 0 Å². The van der Waals surface area contributed by atoms with Crippen LogP contribution in [0.5, 0.6) is 5.75 Å². The van der Waals surface area contributed by atoms with Crippen molar-refractivity contribution in [3.63, 3.8) is 0 Å². The number of hydrogen-bond donors (Lipinski definition) is 2. The van der Waals surface area contributed by atoms with Gasteiger partial charge in [-0.05, 0) is 24.6 Å². The minimum atomic E-state index is -0.323. The predicted molar refractivity (Wildman–Crippen MR) is 73.9 cm³/mol. The van der Waals surface area contributed by atoms with E-state index in [2.05, 4.69) is 5.32 Å². The van der Waals surface area contributed by atoms with Gasteiger partial charge in [-0.25, -0.2) is 0 Å². The third kappa shape index (κ3) is 2.97. The monoisotopic (exact) mass is 277 g/mol. The molecule has 0 spiro atoms. The summed E-state index contributed by atoms with van der Waals surface area (Å²) in [6.07, 6.45) is 0. The van der Waals surface area contributed by atoms with E-state index < -0.39 is 0 Å². The van der Waals surface area contributed by atoms with Gasteiger partial charge in [-0.15, -0.1) is 0 Å². The van der Waals surface area contributed by atoms with Crippen molar-refractivity contribution >= 4 is 11.8 Å². The van der Waals surface area contributed by atoms with Crippen LogP contribution in [0, 0.1) is 0 Å². The van der Waals surface area contributed by atoms with Gasteiger partial charge in [0, 0.05) is 18.7 Å². The first-order chi connectivity index (χ1) is 9.55. The minimum Gasteiger partial charge on any atom is -0.496 e. The molecule has 0 aromatic heterocycles. The minimum absolute atomic E-state index is 0.219. The van der Waals surface area contributed by atoms with Crippen LogP contribution in [0.25, 0.3) is 0 Å². The maximum atomic E-state index is 11.6. The van der Waals surface area contributed by atoms with Crippen LogP contribution >= 0.6 is 0 Å². The van der Waals surface area contributed by atoms with Crippen molar-refractivity contribution < 1.29 is 14.3 Å². The zero-order chi connectivity index (χ0) is 14.7. The van der Waals surface area contributed by atoms with Gasteiger partial charge in [0.1, 0.15) is 5.75 Å². The molecule has 6 heteroatoms. The molecule has 1 aliphatic rings. The summed E-state index contributed by atoms with van der Waals surface area (Å²) in [7, 11) is 1.60. The summed E-state index contributed by atoms with van der Waals surface area (Å²) in [5.41, 5.74) is 7.60. The lowest BCUT2D eigenvalue weighted by Gasteiger charge is -2.31. The zero-order valence-corrected chi connectivity index (χ0v) is 11.7. The van der Waals surface area contributed by atoms with Gasteiger partial charge in [0.05, 0.1) is 19.7 Å². The second-order valence-corrected chi connectivity index (χ2v) is 4.84. The Morgan fingerprint density at radius 2 is 2.20 bits per heavy atom. The van der Waals surface area contributed by atoms with E-state index in [1.54, 1.807) is 14.0 Å². The van der Waals surface area contributed by atoms with Gasteiger partial charge in [0.2, 0.25) is 11.8 Å². The third-order valence-electron chi connectivity index (χ3n) is 3.49. The Balaban J connectivity index is 2.16. The molecule has 1 unspecified atom stereocenters. The second kappa shape index (κ2) is 6.02. The number of piperazine rings is 1.